The van der Waals surface area contributed by atoms with Crippen LogP contribution in [0.1, 0.15) is 45.4 Å². The van der Waals surface area contributed by atoms with Crippen LogP contribution >= 0.6 is 0 Å². The Kier molecular flexibility index (Phi) is 4.44. The molecule has 3 heteroatoms. The molecule has 0 saturated carbocycles. The number of hydrogen-bond acceptors (Lipinski definition) is 3. The highest BCUT2D eigenvalue weighted by molar-refractivity contribution is 6.08. The molecule has 1 N–H and O–H groups in total. The van der Waals surface area contributed by atoms with Crippen LogP contribution in [0.25, 0.3) is 0 Å². The summed E-state index contributed by atoms with van der Waals surface area (Å²) in [6.45, 7) is 6.38. The summed E-state index contributed by atoms with van der Waals surface area (Å²) in [7, 11) is 0. The summed E-state index contributed by atoms with van der Waals surface area (Å²) in [5, 5.41) is 14.2. The van der Waals surface area contributed by atoms with Crippen molar-refractivity contribution in [3.05, 3.63) is 100 Å². The molecule has 4 rings (SSSR count). The van der Waals surface area contributed by atoms with Crippen molar-refractivity contribution in [2.75, 3.05) is 0 Å². The van der Waals surface area contributed by atoms with E-state index in [-0.39, 0.29) is 17.8 Å². The first-order valence-corrected chi connectivity index (χ1v) is 9.20. The zero-order chi connectivity index (χ0) is 19.0. The molecule has 3 aromatic carbocycles. The number of aryl methyl sites for hydroxylation is 3. The van der Waals surface area contributed by atoms with Crippen LogP contribution in [0.2, 0.25) is 0 Å². The fraction of sp³-hybridized carbons (Fsp3) is 0.208. The lowest BCUT2D eigenvalue weighted by molar-refractivity contribution is 0.0762. The molecule has 0 spiro atoms. The van der Waals surface area contributed by atoms with Crippen LogP contribution in [0.15, 0.2) is 71.9 Å². The predicted octanol–water partition coefficient (Wildman–Crippen LogP) is 5.58. The van der Waals surface area contributed by atoms with Crippen molar-refractivity contribution >= 4 is 5.71 Å². The minimum Gasteiger partial charge on any atom is -0.508 e. The molecule has 3 aromatic rings. The minimum atomic E-state index is -0.219. The first-order chi connectivity index (χ1) is 13.0. The van der Waals surface area contributed by atoms with Gasteiger partial charge in [0.15, 0.2) is 6.10 Å². The zero-order valence-corrected chi connectivity index (χ0v) is 15.8. The average Bonchev–Trinajstić information content (AvgIpc) is 3.07. The highest BCUT2D eigenvalue weighted by Gasteiger charge is 2.38. The van der Waals surface area contributed by atoms with Gasteiger partial charge in [-0.2, -0.15) is 0 Å². The second-order valence-electron chi connectivity index (χ2n) is 7.26. The van der Waals surface area contributed by atoms with E-state index in [9.17, 15) is 5.11 Å². The quantitative estimate of drug-likeness (QED) is 0.665. The Bertz CT molecular complexity index is 968. The third-order valence-electron chi connectivity index (χ3n) is 5.18. The lowest BCUT2D eigenvalue weighted by Gasteiger charge is -2.21. The Morgan fingerprint density at radius 1 is 0.815 bits per heavy atom. The second-order valence-corrected chi connectivity index (χ2v) is 7.26. The summed E-state index contributed by atoms with van der Waals surface area (Å²) in [4.78, 5) is 5.96. The molecule has 3 nitrogen and oxygen atoms in total. The molecule has 2 atom stereocenters. The molecule has 0 amide bonds. The van der Waals surface area contributed by atoms with Gasteiger partial charge in [0, 0.05) is 5.56 Å². The number of rotatable bonds is 3. The maximum atomic E-state index is 9.64. The van der Waals surface area contributed by atoms with Crippen molar-refractivity contribution < 1.29 is 9.94 Å². The third kappa shape index (κ3) is 3.21. The summed E-state index contributed by atoms with van der Waals surface area (Å²) in [5.74, 6) is 0.246. The molecule has 136 valence electrons. The van der Waals surface area contributed by atoms with Crippen molar-refractivity contribution in [2.24, 2.45) is 5.16 Å². The molecule has 27 heavy (non-hydrogen) atoms. The molecular weight excluding hydrogens is 334 g/mol. The number of benzene rings is 3. The number of phenols is 1. The fourth-order valence-electron chi connectivity index (χ4n) is 4.07. The molecule has 0 radical (unpaired) electrons. The number of aromatic hydroxyl groups is 1. The molecule has 0 bridgehead atoms. The zero-order valence-electron chi connectivity index (χ0n) is 15.8. The molecule has 0 unspecified atom stereocenters. The van der Waals surface area contributed by atoms with E-state index >= 15 is 0 Å². The van der Waals surface area contributed by atoms with Gasteiger partial charge in [-0.15, -0.1) is 0 Å². The predicted molar refractivity (Wildman–Crippen MR) is 108 cm³/mol. The molecule has 0 saturated heterocycles. The normalized spacial score (nSPS) is 18.9. The molecular formula is C24H23NO2. The number of oxime groups is 1. The van der Waals surface area contributed by atoms with Crippen molar-refractivity contribution in [2.45, 2.75) is 32.8 Å². The van der Waals surface area contributed by atoms with Gasteiger partial charge in [0.05, 0.1) is 11.6 Å². The van der Waals surface area contributed by atoms with E-state index in [1.54, 1.807) is 12.1 Å². The van der Waals surface area contributed by atoms with Crippen molar-refractivity contribution in [1.29, 1.82) is 0 Å². The fourth-order valence-corrected chi connectivity index (χ4v) is 4.07. The van der Waals surface area contributed by atoms with Crippen LogP contribution in [0.3, 0.4) is 0 Å². The lowest BCUT2D eigenvalue weighted by Crippen LogP contribution is -2.18. The van der Waals surface area contributed by atoms with E-state index in [2.05, 4.69) is 50.2 Å². The Hall–Kier alpha value is -3.07. The molecule has 1 heterocycles. The van der Waals surface area contributed by atoms with Gasteiger partial charge in [-0.1, -0.05) is 65.3 Å². The van der Waals surface area contributed by atoms with Gasteiger partial charge in [0.25, 0.3) is 0 Å². The van der Waals surface area contributed by atoms with Gasteiger partial charge >= 0.3 is 0 Å². The van der Waals surface area contributed by atoms with E-state index in [0.717, 1.165) is 16.8 Å². The van der Waals surface area contributed by atoms with Crippen molar-refractivity contribution in [3.63, 3.8) is 0 Å². The Balaban J connectivity index is 1.84. The van der Waals surface area contributed by atoms with Crippen LogP contribution in [-0.4, -0.2) is 10.8 Å². The smallest absolute Gasteiger partial charge is 0.165 e. The average molecular weight is 357 g/mol. The van der Waals surface area contributed by atoms with Gasteiger partial charge < -0.3 is 9.94 Å². The highest BCUT2D eigenvalue weighted by Crippen LogP contribution is 2.43. The molecule has 0 aliphatic carbocycles. The number of nitrogens with zero attached hydrogens (tertiary/aromatic N) is 1. The Labute approximate surface area is 159 Å². The van der Waals surface area contributed by atoms with Gasteiger partial charge in [-0.05, 0) is 55.2 Å². The Morgan fingerprint density at radius 2 is 1.44 bits per heavy atom. The Morgan fingerprint density at radius 3 is 2.07 bits per heavy atom. The number of phenolic OH excluding ortho intramolecular Hbond substituents is 1. The van der Waals surface area contributed by atoms with Gasteiger partial charge in [0.2, 0.25) is 0 Å². The first-order valence-electron chi connectivity index (χ1n) is 9.20. The highest BCUT2D eigenvalue weighted by atomic mass is 16.6. The van der Waals surface area contributed by atoms with Crippen molar-refractivity contribution in [3.8, 4) is 5.75 Å². The van der Waals surface area contributed by atoms with Crippen LogP contribution in [0, 0.1) is 20.8 Å². The van der Waals surface area contributed by atoms with E-state index in [1.807, 2.05) is 30.3 Å². The summed E-state index contributed by atoms with van der Waals surface area (Å²) in [6.07, 6.45) is -0.219. The van der Waals surface area contributed by atoms with Crippen molar-refractivity contribution in [1.82, 2.24) is 0 Å². The van der Waals surface area contributed by atoms with E-state index in [0.29, 0.717) is 0 Å². The molecule has 0 aromatic heterocycles. The summed E-state index contributed by atoms with van der Waals surface area (Å²) >= 11 is 0. The van der Waals surface area contributed by atoms with E-state index in [4.69, 9.17) is 4.84 Å². The second kappa shape index (κ2) is 6.92. The monoisotopic (exact) mass is 357 g/mol. The molecule has 0 fully saturated rings. The third-order valence-corrected chi connectivity index (χ3v) is 5.18. The first kappa shape index (κ1) is 17.3. The van der Waals surface area contributed by atoms with Crippen LogP contribution in [-0.2, 0) is 4.84 Å². The standard InChI is InChI=1S/C24H23NO2/c1-15-13-16(2)21(17(3)14-15)23-22(18-7-5-4-6-8-18)24(27-25-23)19-9-11-20(26)12-10-19/h4-14,22,24,26H,1-3H3/t22-,24+/m0/s1. The SMILES string of the molecule is Cc1cc(C)c(C2=NO[C@H](c3ccc(O)cc3)[C@H]2c2ccccc2)c(C)c1. The number of hydrogen-bond donors (Lipinski definition) is 1. The summed E-state index contributed by atoms with van der Waals surface area (Å²) in [6, 6.07) is 22.0. The molecule has 1 aliphatic rings. The molecule has 1 aliphatic heterocycles. The summed E-state index contributed by atoms with van der Waals surface area (Å²) < 4.78 is 0. The van der Waals surface area contributed by atoms with Gasteiger partial charge in [-0.3, -0.25) is 0 Å². The van der Waals surface area contributed by atoms with E-state index < -0.39 is 0 Å². The van der Waals surface area contributed by atoms with Crippen LogP contribution in [0.5, 0.6) is 5.75 Å². The van der Waals surface area contributed by atoms with Crippen LogP contribution < -0.4 is 0 Å². The van der Waals surface area contributed by atoms with Gasteiger partial charge in [-0.25, -0.2) is 0 Å². The van der Waals surface area contributed by atoms with Crippen LogP contribution in [0.4, 0.5) is 0 Å². The lowest BCUT2D eigenvalue weighted by atomic mass is 9.81. The topological polar surface area (TPSA) is 41.8 Å². The van der Waals surface area contributed by atoms with E-state index in [1.165, 1.54) is 22.3 Å². The minimum absolute atomic E-state index is 0.00384. The summed E-state index contributed by atoms with van der Waals surface area (Å²) in [5.41, 5.74) is 7.97. The maximum absolute atomic E-state index is 9.64. The maximum Gasteiger partial charge on any atom is 0.165 e. The largest absolute Gasteiger partial charge is 0.508 e. The van der Waals surface area contributed by atoms with Gasteiger partial charge in [0.1, 0.15) is 5.75 Å².